The first-order chi connectivity index (χ1) is 27.4. The number of rotatable bonds is 11. The molecule has 0 aromatic heterocycles. The molecule has 0 radical (unpaired) electrons. The van der Waals surface area contributed by atoms with Crippen LogP contribution < -0.4 is 13.7 Å². The zero-order chi connectivity index (χ0) is 38.5. The van der Waals surface area contributed by atoms with Crippen molar-refractivity contribution in [3.05, 3.63) is 172 Å². The standard InChI is InChI=1S/2C21H23.C12H9Si.Hf/c2*1-4-17-8-5-6-10-19(17)20-11-7-9-18-13-16(12-15(2)3)14-21(18)20;1-3-7-11-9(5-1)10-6-2-4-8-12(10)13-11;/h2*5-11,13-15H,4,12H2,1-3H3;1-7H,13H2;. The van der Waals surface area contributed by atoms with Crippen LogP contribution in [0, 0.1) is 11.8 Å². The molecule has 0 saturated carbocycles. The van der Waals surface area contributed by atoms with Crippen LogP contribution >= 0.6 is 0 Å². The second-order valence-corrected chi connectivity index (χ2v) is 28.4. The van der Waals surface area contributed by atoms with E-state index in [1.165, 1.54) is 50.1 Å². The van der Waals surface area contributed by atoms with Gasteiger partial charge < -0.3 is 0 Å². The van der Waals surface area contributed by atoms with Gasteiger partial charge in [0, 0.05) is 0 Å². The van der Waals surface area contributed by atoms with E-state index in [-0.39, 0.29) is 0 Å². The molecule has 279 valence electrons. The quantitative estimate of drug-likeness (QED) is 0.113. The Morgan fingerprint density at radius 2 is 0.929 bits per heavy atom. The van der Waals surface area contributed by atoms with Gasteiger partial charge in [-0.2, -0.15) is 0 Å². The Morgan fingerprint density at radius 1 is 0.482 bits per heavy atom. The van der Waals surface area contributed by atoms with Crippen LogP contribution in [0.3, 0.4) is 0 Å². The van der Waals surface area contributed by atoms with Crippen LogP contribution in [0.2, 0.25) is 0 Å². The summed E-state index contributed by atoms with van der Waals surface area (Å²) in [6.07, 6.45) is 9.81. The van der Waals surface area contributed by atoms with E-state index in [4.69, 9.17) is 0 Å². The molecule has 0 bridgehead atoms. The van der Waals surface area contributed by atoms with Crippen LogP contribution in [0.4, 0.5) is 0 Å². The Morgan fingerprint density at radius 3 is 1.45 bits per heavy atom. The number of aryl methyl sites for hydroxylation is 2. The van der Waals surface area contributed by atoms with Crippen LogP contribution in [-0.4, -0.2) is 9.52 Å². The number of hydrogen-bond acceptors (Lipinski definition) is 0. The molecule has 0 fully saturated rings. The summed E-state index contributed by atoms with van der Waals surface area (Å²) < 4.78 is 2.80. The van der Waals surface area contributed by atoms with Crippen molar-refractivity contribution in [1.29, 1.82) is 0 Å². The van der Waals surface area contributed by atoms with Gasteiger partial charge in [-0.1, -0.05) is 0 Å². The third kappa shape index (κ3) is 6.55. The molecule has 0 spiro atoms. The van der Waals surface area contributed by atoms with Gasteiger partial charge in [0.15, 0.2) is 0 Å². The molecule has 0 saturated heterocycles. The molecule has 6 aromatic rings. The van der Waals surface area contributed by atoms with Crippen molar-refractivity contribution < 1.29 is 21.4 Å². The second kappa shape index (κ2) is 15.7. The molecule has 2 unspecified atom stereocenters. The maximum atomic E-state index is 2.71. The van der Waals surface area contributed by atoms with Crippen molar-refractivity contribution in [3.8, 4) is 33.4 Å². The van der Waals surface area contributed by atoms with Crippen molar-refractivity contribution in [2.45, 2.75) is 74.6 Å². The number of benzene rings is 6. The Balaban J connectivity index is 1.32. The molecular weight excluding hydrogens is 855 g/mol. The predicted molar refractivity (Wildman–Crippen MR) is 242 cm³/mol. The molecule has 1 aliphatic heterocycles. The van der Waals surface area contributed by atoms with E-state index < -0.39 is 31.0 Å². The Kier molecular flexibility index (Phi) is 10.5. The van der Waals surface area contributed by atoms with E-state index in [0.29, 0.717) is 19.2 Å². The van der Waals surface area contributed by atoms with Gasteiger partial charge in [-0.25, -0.2) is 0 Å². The van der Waals surface area contributed by atoms with Gasteiger partial charge in [0.25, 0.3) is 0 Å². The van der Waals surface area contributed by atoms with Crippen LogP contribution in [0.5, 0.6) is 0 Å². The summed E-state index contributed by atoms with van der Waals surface area (Å²) in [5.74, 6) is 1.19. The first-order valence-corrected chi connectivity index (χ1v) is 28.6. The maximum absolute atomic E-state index is 3.14. The van der Waals surface area contributed by atoms with Gasteiger partial charge in [-0.05, 0) is 0 Å². The SMILES string of the molecule is CCc1ccccc1-c1cccc2c1C=C(CC(C)C)[CH]2[Hf]([c]1cccc2c1[SiH2]c1ccccc1-2)[CH]1C(CC(C)C)=Cc2c(-c3ccccc3CC)cccc21. The van der Waals surface area contributed by atoms with Gasteiger partial charge in [0.05, 0.1) is 0 Å². The molecule has 56 heavy (non-hydrogen) atoms. The Labute approximate surface area is 346 Å². The summed E-state index contributed by atoms with van der Waals surface area (Å²) in [5, 5.41) is 3.40. The van der Waals surface area contributed by atoms with Gasteiger partial charge in [-0.15, -0.1) is 0 Å². The van der Waals surface area contributed by atoms with Crippen LogP contribution in [0.25, 0.3) is 45.5 Å². The Hall–Kier alpha value is -4.11. The van der Waals surface area contributed by atoms with E-state index in [1.54, 1.807) is 38.2 Å². The van der Waals surface area contributed by atoms with E-state index >= 15 is 0 Å². The summed E-state index contributed by atoms with van der Waals surface area (Å²) in [4.78, 5) is 0. The zero-order valence-corrected chi connectivity index (χ0v) is 39.1. The summed E-state index contributed by atoms with van der Waals surface area (Å²) >= 11 is -3.14. The minimum atomic E-state index is -3.14. The molecule has 2 atom stereocenters. The number of fused-ring (bicyclic) bond motifs is 5. The fourth-order valence-electron chi connectivity index (χ4n) is 10.5. The van der Waals surface area contributed by atoms with E-state index in [9.17, 15) is 0 Å². The van der Waals surface area contributed by atoms with Crippen molar-refractivity contribution in [1.82, 2.24) is 0 Å². The topological polar surface area (TPSA) is 0 Å². The molecule has 0 nitrogen and oxygen atoms in total. The third-order valence-electron chi connectivity index (χ3n) is 12.8. The average molecular weight is 911 g/mol. The van der Waals surface area contributed by atoms with Crippen molar-refractivity contribution in [2.24, 2.45) is 11.8 Å². The third-order valence-corrected chi connectivity index (χ3v) is 29.4. The molecule has 1 heterocycles. The summed E-state index contributed by atoms with van der Waals surface area (Å²) in [5.41, 5.74) is 21.3. The summed E-state index contributed by atoms with van der Waals surface area (Å²) in [6.45, 7) is 14.4. The molecular formula is C54H55HfSi. The van der Waals surface area contributed by atoms with Gasteiger partial charge in [-0.3, -0.25) is 0 Å². The van der Waals surface area contributed by atoms with Crippen molar-refractivity contribution in [3.63, 3.8) is 0 Å². The Bertz CT molecular complexity index is 2390. The summed E-state index contributed by atoms with van der Waals surface area (Å²) in [6, 6.07) is 50.0. The molecule has 3 aliphatic rings. The summed E-state index contributed by atoms with van der Waals surface area (Å²) in [7, 11) is -0.616. The van der Waals surface area contributed by atoms with Gasteiger partial charge >= 0.3 is 349 Å². The number of hydrogen-bond donors (Lipinski definition) is 0. The zero-order valence-electron chi connectivity index (χ0n) is 34.1. The van der Waals surface area contributed by atoms with Crippen LogP contribution in [0.15, 0.2) is 139 Å². The van der Waals surface area contributed by atoms with E-state index in [0.717, 1.165) is 25.7 Å². The molecule has 2 heteroatoms. The minimum absolute atomic E-state index is 0.494. The van der Waals surface area contributed by atoms with Crippen LogP contribution in [-0.2, 0) is 34.3 Å². The van der Waals surface area contributed by atoms with Gasteiger partial charge in [0.1, 0.15) is 0 Å². The average Bonchev–Trinajstić information content (AvgIpc) is 3.89. The number of allylic oxidation sites excluding steroid dienone is 2. The van der Waals surface area contributed by atoms with Crippen molar-refractivity contribution in [2.75, 3.05) is 0 Å². The van der Waals surface area contributed by atoms with Crippen molar-refractivity contribution >= 4 is 35.4 Å². The molecule has 0 amide bonds. The molecule has 9 rings (SSSR count). The fourth-order valence-corrected chi connectivity index (χ4v) is 29.8. The van der Waals surface area contributed by atoms with Crippen LogP contribution in [0.1, 0.15) is 95.1 Å². The molecule has 6 aromatic carbocycles. The molecule has 0 N–H and O–H groups in total. The fraction of sp³-hybridized carbons (Fsp3) is 0.259. The van der Waals surface area contributed by atoms with Gasteiger partial charge in [0.2, 0.25) is 0 Å². The first-order valence-electron chi connectivity index (χ1n) is 21.3. The van der Waals surface area contributed by atoms with E-state index in [2.05, 4.69) is 181 Å². The second-order valence-electron chi connectivity index (χ2n) is 17.3. The first kappa shape index (κ1) is 37.5. The predicted octanol–water partition coefficient (Wildman–Crippen LogP) is 11.9. The van der Waals surface area contributed by atoms with E-state index in [1.807, 2.05) is 3.32 Å². The molecule has 2 aliphatic carbocycles. The normalized spacial score (nSPS) is 16.9. The monoisotopic (exact) mass is 911 g/mol.